The van der Waals surface area contributed by atoms with E-state index in [2.05, 4.69) is 39.2 Å². The summed E-state index contributed by atoms with van der Waals surface area (Å²) in [4.78, 5) is 29.2. The fourth-order valence-corrected chi connectivity index (χ4v) is 5.26. The van der Waals surface area contributed by atoms with E-state index in [4.69, 9.17) is 0 Å². The summed E-state index contributed by atoms with van der Waals surface area (Å²) in [5.41, 5.74) is 3.39. The largest absolute Gasteiger partial charge is 0.506 e. The number of ketones is 1. The van der Waals surface area contributed by atoms with Gasteiger partial charge in [-0.25, -0.2) is 0 Å². The summed E-state index contributed by atoms with van der Waals surface area (Å²) in [6, 6.07) is 13.0. The zero-order chi connectivity index (χ0) is 23.4. The molecule has 0 unspecified atom stereocenters. The van der Waals surface area contributed by atoms with Gasteiger partial charge in [0.25, 0.3) is 0 Å². The molecular weight excluding hydrogens is 434 g/mol. The van der Waals surface area contributed by atoms with Crippen LogP contribution in [0.5, 0.6) is 5.75 Å². The van der Waals surface area contributed by atoms with E-state index in [1.165, 1.54) is 4.88 Å². The third kappa shape index (κ3) is 5.54. The van der Waals surface area contributed by atoms with Crippen LogP contribution in [0.25, 0.3) is 0 Å². The number of likely N-dealkylation sites (tertiary alicyclic amines) is 1. The van der Waals surface area contributed by atoms with E-state index in [0.29, 0.717) is 38.2 Å². The lowest BCUT2D eigenvalue weighted by Crippen LogP contribution is -2.40. The number of anilines is 1. The van der Waals surface area contributed by atoms with Crippen LogP contribution in [0.15, 0.2) is 47.8 Å². The number of nitrogens with one attached hydrogen (secondary N) is 1. The number of hydrogen-bond acceptors (Lipinski definition) is 5. The molecule has 0 bridgehead atoms. The number of para-hydroxylation sites is 2. The van der Waals surface area contributed by atoms with Crippen LogP contribution < -0.4 is 5.32 Å². The number of piperidine rings is 1. The van der Waals surface area contributed by atoms with Gasteiger partial charge in [0, 0.05) is 34.3 Å². The lowest BCUT2D eigenvalue weighted by Gasteiger charge is -2.30. The number of hydrogen-bond donors (Lipinski definition) is 2. The molecule has 2 N–H and O–H groups in total. The topological polar surface area (TPSA) is 74.6 Å². The summed E-state index contributed by atoms with van der Waals surface area (Å²) in [5.74, 6) is 0.0273. The van der Waals surface area contributed by atoms with Gasteiger partial charge in [-0.3, -0.25) is 14.5 Å². The molecule has 7 heteroatoms. The Morgan fingerprint density at radius 1 is 1.12 bits per heavy atom. The van der Waals surface area contributed by atoms with Crippen LogP contribution in [0.4, 0.5) is 5.69 Å². The predicted molar refractivity (Wildman–Crippen MR) is 132 cm³/mol. The van der Waals surface area contributed by atoms with Gasteiger partial charge in [0.2, 0.25) is 5.91 Å². The van der Waals surface area contributed by atoms with Crippen LogP contribution in [0.1, 0.15) is 39.5 Å². The average molecular weight is 466 g/mol. The third-order valence-corrected chi connectivity index (χ3v) is 7.46. The highest BCUT2D eigenvalue weighted by molar-refractivity contribution is 7.09. The minimum Gasteiger partial charge on any atom is -0.506 e. The number of rotatable bonds is 8. The summed E-state index contributed by atoms with van der Waals surface area (Å²) < 4.78 is 2.24. The van der Waals surface area contributed by atoms with Gasteiger partial charge < -0.3 is 15.0 Å². The van der Waals surface area contributed by atoms with Crippen molar-refractivity contribution in [1.29, 1.82) is 0 Å². The Labute approximate surface area is 198 Å². The normalized spacial score (nSPS) is 15.0. The first kappa shape index (κ1) is 23.3. The first-order chi connectivity index (χ1) is 15.9. The van der Waals surface area contributed by atoms with Crippen molar-refractivity contribution in [1.82, 2.24) is 9.47 Å². The van der Waals surface area contributed by atoms with Gasteiger partial charge in [-0.05, 0) is 75.8 Å². The Bertz CT molecular complexity index is 1110. The molecule has 3 aromatic rings. The zero-order valence-corrected chi connectivity index (χ0v) is 20.0. The quantitative estimate of drug-likeness (QED) is 0.375. The molecule has 6 nitrogen and oxygen atoms in total. The molecule has 3 heterocycles. The molecule has 0 spiro atoms. The monoisotopic (exact) mass is 465 g/mol. The maximum atomic E-state index is 13.1. The first-order valence-corrected chi connectivity index (χ1v) is 12.3. The van der Waals surface area contributed by atoms with Crippen molar-refractivity contribution in [2.45, 2.75) is 39.7 Å². The van der Waals surface area contributed by atoms with Gasteiger partial charge in [-0.1, -0.05) is 18.2 Å². The molecule has 4 rings (SSSR count). The standard InChI is InChI=1S/C26H31N3O3S/c1-18-16-22(19(2)29(18)14-11-21-6-5-15-33-21)25(31)17-28-12-9-20(10-13-28)26(32)27-23-7-3-4-8-24(23)30/h3-8,15-16,20,30H,9-14,17H2,1-2H3,(H,27,32). The van der Waals surface area contributed by atoms with Crippen molar-refractivity contribution in [2.24, 2.45) is 5.92 Å². The highest BCUT2D eigenvalue weighted by atomic mass is 32.1. The maximum absolute atomic E-state index is 13.1. The van der Waals surface area contributed by atoms with Crippen LogP contribution in [0.2, 0.25) is 0 Å². The molecule has 0 saturated carbocycles. The van der Waals surface area contributed by atoms with Crippen molar-refractivity contribution < 1.29 is 14.7 Å². The fourth-order valence-electron chi connectivity index (χ4n) is 4.56. The van der Waals surface area contributed by atoms with E-state index in [1.54, 1.807) is 35.6 Å². The van der Waals surface area contributed by atoms with E-state index in [-0.39, 0.29) is 23.4 Å². The molecule has 2 aromatic heterocycles. The molecule has 1 amide bonds. The molecule has 1 aliphatic rings. The second-order valence-electron chi connectivity index (χ2n) is 8.75. The van der Waals surface area contributed by atoms with Crippen LogP contribution in [-0.2, 0) is 17.8 Å². The van der Waals surface area contributed by atoms with Gasteiger partial charge in [0.15, 0.2) is 5.78 Å². The summed E-state index contributed by atoms with van der Waals surface area (Å²) in [6.45, 7) is 6.77. The Morgan fingerprint density at radius 2 is 1.88 bits per heavy atom. The second kappa shape index (κ2) is 10.4. The number of aromatic nitrogens is 1. The lowest BCUT2D eigenvalue weighted by atomic mass is 9.95. The highest BCUT2D eigenvalue weighted by Gasteiger charge is 2.27. The number of carbonyl (C=O) groups excluding carboxylic acids is 2. The van der Waals surface area contributed by atoms with Crippen molar-refractivity contribution in [3.63, 3.8) is 0 Å². The molecular formula is C26H31N3O3S. The van der Waals surface area contributed by atoms with Gasteiger partial charge in [-0.2, -0.15) is 0 Å². The lowest BCUT2D eigenvalue weighted by molar-refractivity contribution is -0.121. The minimum absolute atomic E-state index is 0.0712. The minimum atomic E-state index is -0.113. The van der Waals surface area contributed by atoms with Crippen molar-refractivity contribution >= 4 is 28.7 Å². The summed E-state index contributed by atoms with van der Waals surface area (Å²) in [5, 5.41) is 14.8. The van der Waals surface area contributed by atoms with Crippen LogP contribution in [0.3, 0.4) is 0 Å². The molecule has 1 aromatic carbocycles. The summed E-state index contributed by atoms with van der Waals surface area (Å²) >= 11 is 1.77. The number of amides is 1. The number of phenolic OH excluding ortho intramolecular Hbond substituents is 1. The van der Waals surface area contributed by atoms with Crippen molar-refractivity contribution in [3.05, 3.63) is 69.7 Å². The van der Waals surface area contributed by atoms with Crippen molar-refractivity contribution in [2.75, 3.05) is 25.0 Å². The number of aromatic hydroxyl groups is 1. The summed E-state index contributed by atoms with van der Waals surface area (Å²) in [7, 11) is 0. The SMILES string of the molecule is Cc1cc(C(=O)CN2CCC(C(=O)Nc3ccccc3O)CC2)c(C)n1CCc1cccs1. The molecule has 33 heavy (non-hydrogen) atoms. The molecule has 0 radical (unpaired) electrons. The molecule has 1 saturated heterocycles. The number of thiophene rings is 1. The zero-order valence-electron chi connectivity index (χ0n) is 19.2. The second-order valence-corrected chi connectivity index (χ2v) is 9.78. The van der Waals surface area contributed by atoms with Gasteiger partial charge >= 0.3 is 0 Å². The predicted octanol–water partition coefficient (Wildman–Crippen LogP) is 4.65. The van der Waals surface area contributed by atoms with E-state index >= 15 is 0 Å². The fraction of sp³-hybridized carbons (Fsp3) is 0.385. The molecule has 0 aliphatic carbocycles. The average Bonchev–Trinajstić information content (AvgIpc) is 3.42. The van der Waals surface area contributed by atoms with Crippen LogP contribution in [-0.4, -0.2) is 45.9 Å². The Morgan fingerprint density at radius 3 is 2.58 bits per heavy atom. The van der Waals surface area contributed by atoms with E-state index < -0.39 is 0 Å². The first-order valence-electron chi connectivity index (χ1n) is 11.5. The Balaban J connectivity index is 1.30. The van der Waals surface area contributed by atoms with Gasteiger partial charge in [0.05, 0.1) is 12.2 Å². The Hall–Kier alpha value is -2.90. The molecule has 1 fully saturated rings. The molecule has 1 aliphatic heterocycles. The Kier molecular flexibility index (Phi) is 7.30. The number of carbonyl (C=O) groups is 2. The van der Waals surface area contributed by atoms with E-state index in [1.807, 2.05) is 13.0 Å². The van der Waals surface area contributed by atoms with Crippen molar-refractivity contribution in [3.8, 4) is 5.75 Å². The number of nitrogens with zero attached hydrogens (tertiary/aromatic N) is 2. The number of benzene rings is 1. The van der Waals surface area contributed by atoms with Crippen LogP contribution >= 0.6 is 11.3 Å². The molecule has 0 atom stereocenters. The van der Waals surface area contributed by atoms with E-state index in [9.17, 15) is 14.7 Å². The maximum Gasteiger partial charge on any atom is 0.227 e. The molecule has 174 valence electrons. The number of Topliss-reactive ketones (excluding diaryl/α,β-unsaturated/α-hetero) is 1. The number of phenols is 1. The highest BCUT2D eigenvalue weighted by Crippen LogP contribution is 2.25. The van der Waals surface area contributed by atoms with Crippen LogP contribution in [0, 0.1) is 19.8 Å². The third-order valence-electron chi connectivity index (χ3n) is 6.52. The van der Waals surface area contributed by atoms with E-state index in [0.717, 1.165) is 29.9 Å². The summed E-state index contributed by atoms with van der Waals surface area (Å²) in [6.07, 6.45) is 2.37. The number of aryl methyl sites for hydroxylation is 2. The van der Waals surface area contributed by atoms with Gasteiger partial charge in [-0.15, -0.1) is 11.3 Å². The smallest absolute Gasteiger partial charge is 0.227 e. The van der Waals surface area contributed by atoms with Gasteiger partial charge in [0.1, 0.15) is 5.75 Å².